The largest absolute Gasteiger partial charge is 0.494 e. The second-order valence-electron chi connectivity index (χ2n) is 3.88. The molecule has 0 spiro atoms. The van der Waals surface area contributed by atoms with Crippen molar-refractivity contribution in [2.75, 3.05) is 19.0 Å². The van der Waals surface area contributed by atoms with E-state index in [1.165, 1.54) is 19.2 Å². The van der Waals surface area contributed by atoms with Gasteiger partial charge in [-0.1, -0.05) is 6.07 Å². The number of rotatable bonds is 5. The number of pyridine rings is 1. The smallest absolute Gasteiger partial charge is 0.144 e. The van der Waals surface area contributed by atoms with Gasteiger partial charge in [-0.2, -0.15) is 0 Å². The SMILES string of the molecule is COc1cc(F)ccc1NCCc1cccnc1. The molecule has 0 aliphatic rings. The van der Waals surface area contributed by atoms with Gasteiger partial charge in [0.2, 0.25) is 0 Å². The van der Waals surface area contributed by atoms with Crippen molar-refractivity contribution in [2.45, 2.75) is 6.42 Å². The maximum Gasteiger partial charge on any atom is 0.144 e. The van der Waals surface area contributed by atoms with Crippen LogP contribution in [0.15, 0.2) is 42.7 Å². The van der Waals surface area contributed by atoms with Gasteiger partial charge in [-0.25, -0.2) is 4.39 Å². The zero-order valence-corrected chi connectivity index (χ0v) is 10.2. The first-order valence-corrected chi connectivity index (χ1v) is 5.76. The topological polar surface area (TPSA) is 34.1 Å². The van der Waals surface area contributed by atoms with Gasteiger partial charge in [0, 0.05) is 25.0 Å². The Hall–Kier alpha value is -2.10. The van der Waals surface area contributed by atoms with Crippen LogP contribution in [0, 0.1) is 5.82 Å². The molecule has 0 aliphatic carbocycles. The van der Waals surface area contributed by atoms with E-state index < -0.39 is 0 Å². The van der Waals surface area contributed by atoms with E-state index in [2.05, 4.69) is 10.3 Å². The molecule has 2 aromatic rings. The van der Waals surface area contributed by atoms with E-state index in [4.69, 9.17) is 4.74 Å². The molecule has 2 rings (SSSR count). The Bertz CT molecular complexity index is 502. The fourth-order valence-corrected chi connectivity index (χ4v) is 1.70. The Balaban J connectivity index is 1.94. The summed E-state index contributed by atoms with van der Waals surface area (Å²) in [6.07, 6.45) is 4.44. The van der Waals surface area contributed by atoms with Crippen molar-refractivity contribution >= 4 is 5.69 Å². The lowest BCUT2D eigenvalue weighted by atomic mass is 10.2. The van der Waals surface area contributed by atoms with E-state index in [9.17, 15) is 4.39 Å². The lowest BCUT2D eigenvalue weighted by Crippen LogP contribution is -2.06. The monoisotopic (exact) mass is 246 g/mol. The number of methoxy groups -OCH3 is 1. The van der Waals surface area contributed by atoms with Gasteiger partial charge >= 0.3 is 0 Å². The number of nitrogens with one attached hydrogen (secondary N) is 1. The first kappa shape index (κ1) is 12.4. The van der Waals surface area contributed by atoms with Gasteiger partial charge in [0.1, 0.15) is 11.6 Å². The van der Waals surface area contributed by atoms with Crippen LogP contribution in [-0.4, -0.2) is 18.6 Å². The molecule has 18 heavy (non-hydrogen) atoms. The van der Waals surface area contributed by atoms with Crippen LogP contribution in [0.1, 0.15) is 5.56 Å². The van der Waals surface area contributed by atoms with Gasteiger partial charge in [-0.15, -0.1) is 0 Å². The van der Waals surface area contributed by atoms with Gasteiger partial charge in [-0.05, 0) is 30.2 Å². The summed E-state index contributed by atoms with van der Waals surface area (Å²) in [5.41, 5.74) is 1.95. The summed E-state index contributed by atoms with van der Waals surface area (Å²) in [7, 11) is 1.53. The van der Waals surface area contributed by atoms with E-state index in [1.54, 1.807) is 12.3 Å². The third kappa shape index (κ3) is 3.20. The molecule has 1 N–H and O–H groups in total. The van der Waals surface area contributed by atoms with Crippen LogP contribution in [0.4, 0.5) is 10.1 Å². The van der Waals surface area contributed by atoms with Crippen molar-refractivity contribution in [3.05, 3.63) is 54.1 Å². The molecule has 1 aromatic heterocycles. The molecular weight excluding hydrogens is 231 g/mol. The maximum absolute atomic E-state index is 13.0. The maximum atomic E-state index is 13.0. The van der Waals surface area contributed by atoms with E-state index in [-0.39, 0.29) is 5.82 Å². The number of hydrogen-bond acceptors (Lipinski definition) is 3. The number of aromatic nitrogens is 1. The number of benzene rings is 1. The number of nitrogens with zero attached hydrogens (tertiary/aromatic N) is 1. The van der Waals surface area contributed by atoms with Crippen LogP contribution in [0.25, 0.3) is 0 Å². The molecule has 3 nitrogen and oxygen atoms in total. The summed E-state index contributed by atoms with van der Waals surface area (Å²) in [6, 6.07) is 8.39. The molecular formula is C14H15FN2O. The predicted octanol–water partition coefficient (Wildman–Crippen LogP) is 2.88. The molecule has 0 atom stereocenters. The Kier molecular flexibility index (Phi) is 4.12. The van der Waals surface area contributed by atoms with Gasteiger partial charge in [0.15, 0.2) is 0 Å². The quantitative estimate of drug-likeness (QED) is 0.880. The van der Waals surface area contributed by atoms with Crippen LogP contribution in [0.2, 0.25) is 0 Å². The summed E-state index contributed by atoms with van der Waals surface area (Å²) in [4.78, 5) is 4.05. The number of halogens is 1. The van der Waals surface area contributed by atoms with Crippen LogP contribution >= 0.6 is 0 Å². The molecule has 94 valence electrons. The summed E-state index contributed by atoms with van der Waals surface area (Å²) in [6.45, 7) is 0.744. The molecule has 0 unspecified atom stereocenters. The molecule has 1 heterocycles. The third-order valence-corrected chi connectivity index (χ3v) is 2.62. The lowest BCUT2D eigenvalue weighted by molar-refractivity contribution is 0.413. The van der Waals surface area contributed by atoms with Crippen molar-refractivity contribution < 1.29 is 9.13 Å². The lowest BCUT2D eigenvalue weighted by Gasteiger charge is -2.11. The summed E-state index contributed by atoms with van der Waals surface area (Å²) < 4.78 is 18.1. The molecule has 0 saturated carbocycles. The number of anilines is 1. The number of ether oxygens (including phenoxy) is 1. The van der Waals surface area contributed by atoms with Crippen LogP contribution in [-0.2, 0) is 6.42 Å². The molecule has 0 radical (unpaired) electrons. The Morgan fingerprint density at radius 1 is 1.33 bits per heavy atom. The van der Waals surface area contributed by atoms with Crippen molar-refractivity contribution in [3.8, 4) is 5.75 Å². The predicted molar refractivity (Wildman–Crippen MR) is 69.4 cm³/mol. The van der Waals surface area contributed by atoms with E-state index in [1.807, 2.05) is 18.3 Å². The first-order chi connectivity index (χ1) is 8.79. The highest BCUT2D eigenvalue weighted by molar-refractivity contribution is 5.56. The minimum Gasteiger partial charge on any atom is -0.494 e. The second kappa shape index (κ2) is 6.00. The first-order valence-electron chi connectivity index (χ1n) is 5.76. The molecule has 0 amide bonds. The fourth-order valence-electron chi connectivity index (χ4n) is 1.70. The summed E-state index contributed by atoms with van der Waals surface area (Å²) in [5.74, 6) is 0.214. The summed E-state index contributed by atoms with van der Waals surface area (Å²) >= 11 is 0. The normalized spacial score (nSPS) is 10.1. The fraction of sp³-hybridized carbons (Fsp3) is 0.214. The van der Waals surface area contributed by atoms with Crippen LogP contribution in [0.3, 0.4) is 0 Å². The number of hydrogen-bond donors (Lipinski definition) is 1. The van der Waals surface area contributed by atoms with Crippen LogP contribution in [0.5, 0.6) is 5.75 Å². The Morgan fingerprint density at radius 3 is 2.94 bits per heavy atom. The molecule has 1 aromatic carbocycles. The van der Waals surface area contributed by atoms with Crippen LogP contribution < -0.4 is 10.1 Å². The standard InChI is InChI=1S/C14H15FN2O/c1-18-14-9-12(15)4-5-13(14)17-8-6-11-3-2-7-16-10-11/h2-5,7,9-10,17H,6,8H2,1H3. The molecule has 0 aliphatic heterocycles. The average Bonchev–Trinajstić information content (AvgIpc) is 2.41. The summed E-state index contributed by atoms with van der Waals surface area (Å²) in [5, 5.41) is 3.22. The van der Waals surface area contributed by atoms with Crippen molar-refractivity contribution in [3.63, 3.8) is 0 Å². The van der Waals surface area contributed by atoms with E-state index in [0.717, 1.165) is 24.2 Å². The zero-order valence-electron chi connectivity index (χ0n) is 10.2. The van der Waals surface area contributed by atoms with E-state index >= 15 is 0 Å². The zero-order chi connectivity index (χ0) is 12.8. The van der Waals surface area contributed by atoms with Gasteiger partial charge in [0.05, 0.1) is 12.8 Å². The second-order valence-corrected chi connectivity index (χ2v) is 3.88. The average molecular weight is 246 g/mol. The Morgan fingerprint density at radius 2 is 2.22 bits per heavy atom. The van der Waals surface area contributed by atoms with Gasteiger partial charge in [-0.3, -0.25) is 4.98 Å². The van der Waals surface area contributed by atoms with Crippen molar-refractivity contribution in [1.82, 2.24) is 4.98 Å². The molecule has 4 heteroatoms. The van der Waals surface area contributed by atoms with Gasteiger partial charge in [0.25, 0.3) is 0 Å². The molecule has 0 saturated heterocycles. The minimum absolute atomic E-state index is 0.301. The highest BCUT2D eigenvalue weighted by Crippen LogP contribution is 2.24. The van der Waals surface area contributed by atoms with Gasteiger partial charge < -0.3 is 10.1 Å². The van der Waals surface area contributed by atoms with Crippen molar-refractivity contribution in [2.24, 2.45) is 0 Å². The third-order valence-electron chi connectivity index (χ3n) is 2.62. The van der Waals surface area contributed by atoms with E-state index in [0.29, 0.717) is 5.75 Å². The Labute approximate surface area is 106 Å². The van der Waals surface area contributed by atoms with Crippen molar-refractivity contribution in [1.29, 1.82) is 0 Å². The minimum atomic E-state index is -0.301. The highest BCUT2D eigenvalue weighted by Gasteiger charge is 2.03. The highest BCUT2D eigenvalue weighted by atomic mass is 19.1. The molecule has 0 fully saturated rings. The molecule has 0 bridgehead atoms.